The number of hydrogen-bond acceptors (Lipinski definition) is 9. The van der Waals surface area contributed by atoms with Crippen LogP contribution in [0.1, 0.15) is 11.1 Å². The molecule has 0 amide bonds. The van der Waals surface area contributed by atoms with Gasteiger partial charge in [0.2, 0.25) is 0 Å². The van der Waals surface area contributed by atoms with Gasteiger partial charge < -0.3 is 10.2 Å². The average Bonchev–Trinajstić information content (AvgIpc) is 3.58. The number of aromatic nitrogens is 4. The molecule has 0 radical (unpaired) electrons. The lowest BCUT2D eigenvalue weighted by Crippen LogP contribution is -1.99. The van der Waals surface area contributed by atoms with Gasteiger partial charge in [0.05, 0.1) is 12.8 Å². The molecule has 0 bridgehead atoms. The van der Waals surface area contributed by atoms with Gasteiger partial charge in [0.25, 0.3) is 0 Å². The molecule has 5 aromatic heterocycles. The summed E-state index contributed by atoms with van der Waals surface area (Å²) in [6, 6.07) is 7.83. The maximum Gasteiger partial charge on any atom is 0.307 e. The SMILES string of the molecule is O=C(O)Cc1cc(-c2ccc(-c3cc(CC(=O)O)c(-c4cncnc4)s3)s2)sc1-c1cncnc1. The lowest BCUT2D eigenvalue weighted by Gasteiger charge is -1.99. The largest absolute Gasteiger partial charge is 0.481 e. The summed E-state index contributed by atoms with van der Waals surface area (Å²) in [6.45, 7) is 0. The van der Waals surface area contributed by atoms with Gasteiger partial charge in [-0.25, -0.2) is 19.9 Å². The van der Waals surface area contributed by atoms with Crippen molar-refractivity contribution in [3.05, 3.63) is 72.8 Å². The molecule has 0 aliphatic carbocycles. The van der Waals surface area contributed by atoms with Crippen molar-refractivity contribution in [2.24, 2.45) is 0 Å². The average molecular weight is 521 g/mol. The quantitative estimate of drug-likeness (QED) is 0.279. The highest BCUT2D eigenvalue weighted by atomic mass is 32.1. The van der Waals surface area contributed by atoms with Crippen molar-refractivity contribution in [2.45, 2.75) is 12.8 Å². The Bertz CT molecular complexity index is 1400. The number of carboxylic acid groups (broad SMARTS) is 2. The van der Waals surface area contributed by atoms with Gasteiger partial charge in [0.15, 0.2) is 0 Å². The van der Waals surface area contributed by atoms with E-state index in [1.165, 1.54) is 35.3 Å². The van der Waals surface area contributed by atoms with Crippen LogP contribution in [0.15, 0.2) is 61.7 Å². The minimum Gasteiger partial charge on any atom is -0.481 e. The Hall–Kier alpha value is -3.80. The van der Waals surface area contributed by atoms with Crippen molar-refractivity contribution in [3.63, 3.8) is 0 Å². The molecule has 11 heteroatoms. The predicted molar refractivity (Wildman–Crippen MR) is 136 cm³/mol. The maximum absolute atomic E-state index is 11.4. The Kier molecular flexibility index (Phi) is 6.45. The molecule has 5 rings (SSSR count). The van der Waals surface area contributed by atoms with E-state index in [-0.39, 0.29) is 12.8 Å². The Balaban J connectivity index is 1.52. The van der Waals surface area contributed by atoms with Gasteiger partial charge in [0.1, 0.15) is 12.7 Å². The lowest BCUT2D eigenvalue weighted by atomic mass is 10.1. The van der Waals surface area contributed by atoms with Gasteiger partial charge >= 0.3 is 11.9 Å². The van der Waals surface area contributed by atoms with Crippen LogP contribution in [0, 0.1) is 0 Å². The highest BCUT2D eigenvalue weighted by Gasteiger charge is 2.19. The smallest absolute Gasteiger partial charge is 0.307 e. The molecule has 0 saturated heterocycles. The van der Waals surface area contributed by atoms with Crippen molar-refractivity contribution in [1.82, 2.24) is 19.9 Å². The summed E-state index contributed by atoms with van der Waals surface area (Å²) in [5.41, 5.74) is 2.99. The minimum atomic E-state index is -0.902. The number of aliphatic carboxylic acids is 2. The van der Waals surface area contributed by atoms with Crippen molar-refractivity contribution < 1.29 is 19.8 Å². The molecule has 5 aromatic rings. The van der Waals surface area contributed by atoms with Crippen LogP contribution in [0.2, 0.25) is 0 Å². The number of carboxylic acids is 2. The van der Waals surface area contributed by atoms with Gasteiger partial charge in [-0.05, 0) is 35.4 Å². The van der Waals surface area contributed by atoms with Gasteiger partial charge in [-0.3, -0.25) is 9.59 Å². The molecule has 35 heavy (non-hydrogen) atoms. The monoisotopic (exact) mass is 520 g/mol. The molecule has 0 fully saturated rings. The first-order valence-corrected chi connectivity index (χ1v) is 12.7. The van der Waals surface area contributed by atoms with Crippen molar-refractivity contribution >= 4 is 45.9 Å². The summed E-state index contributed by atoms with van der Waals surface area (Å²) in [4.78, 5) is 44.7. The van der Waals surface area contributed by atoms with Crippen LogP contribution in [-0.2, 0) is 22.4 Å². The van der Waals surface area contributed by atoms with E-state index >= 15 is 0 Å². The first kappa shape index (κ1) is 23.0. The zero-order valence-corrected chi connectivity index (χ0v) is 20.4. The van der Waals surface area contributed by atoms with Gasteiger partial charge in [-0.2, -0.15) is 0 Å². The third-order valence-electron chi connectivity index (χ3n) is 5.04. The third kappa shape index (κ3) is 5.02. The fourth-order valence-electron chi connectivity index (χ4n) is 3.61. The second-order valence-electron chi connectivity index (χ2n) is 7.49. The summed E-state index contributed by atoms with van der Waals surface area (Å²) in [5.74, 6) is -1.80. The number of thiophene rings is 3. The molecule has 174 valence electrons. The lowest BCUT2D eigenvalue weighted by molar-refractivity contribution is -0.137. The molecule has 0 saturated carbocycles. The Morgan fingerprint density at radius 2 is 1.03 bits per heavy atom. The summed E-state index contributed by atoms with van der Waals surface area (Å²) < 4.78 is 0. The Morgan fingerprint density at radius 1 is 0.629 bits per heavy atom. The van der Waals surface area contributed by atoms with Crippen molar-refractivity contribution in [2.75, 3.05) is 0 Å². The number of nitrogens with zero attached hydrogens (tertiary/aromatic N) is 4. The van der Waals surface area contributed by atoms with Crippen LogP contribution in [-0.4, -0.2) is 42.1 Å². The summed E-state index contributed by atoms with van der Waals surface area (Å²) >= 11 is 4.59. The van der Waals surface area contributed by atoms with E-state index in [0.29, 0.717) is 11.1 Å². The fraction of sp³-hybridized carbons (Fsp3) is 0.0833. The molecule has 2 N–H and O–H groups in total. The highest BCUT2D eigenvalue weighted by molar-refractivity contribution is 7.28. The molecule has 8 nitrogen and oxygen atoms in total. The second kappa shape index (κ2) is 9.82. The van der Waals surface area contributed by atoms with Crippen LogP contribution in [0.3, 0.4) is 0 Å². The molecular weight excluding hydrogens is 504 g/mol. The van der Waals surface area contributed by atoms with E-state index in [1.807, 2.05) is 24.3 Å². The third-order valence-corrected chi connectivity index (χ3v) is 8.97. The molecular formula is C24H16N4O4S3. The zero-order chi connectivity index (χ0) is 24.4. The molecule has 5 heterocycles. The first-order chi connectivity index (χ1) is 17.0. The topological polar surface area (TPSA) is 126 Å². The normalized spacial score (nSPS) is 11.0. The standard InChI is InChI=1S/C24H16N4O4S3/c29-21(30)5-13-3-19(34-23(13)15-7-25-11-26-8-15)17-1-2-18(33-17)20-4-14(6-22(31)32)24(35-20)16-9-27-12-28-10-16/h1-4,7-12H,5-6H2,(H,29,30)(H,31,32). The van der Waals surface area contributed by atoms with Gasteiger partial charge in [-0.1, -0.05) is 0 Å². The first-order valence-electron chi connectivity index (χ1n) is 10.3. The van der Waals surface area contributed by atoms with Crippen LogP contribution in [0.4, 0.5) is 0 Å². The van der Waals surface area contributed by atoms with Gasteiger partial charge in [-0.15, -0.1) is 34.0 Å². The van der Waals surface area contributed by atoms with E-state index in [0.717, 1.165) is 40.4 Å². The maximum atomic E-state index is 11.4. The molecule has 0 aliphatic heterocycles. The van der Waals surface area contributed by atoms with Crippen LogP contribution in [0.5, 0.6) is 0 Å². The van der Waals surface area contributed by atoms with E-state index in [4.69, 9.17) is 0 Å². The minimum absolute atomic E-state index is 0.0923. The summed E-state index contributed by atoms with van der Waals surface area (Å²) in [6.07, 6.45) is 9.41. The Morgan fingerprint density at radius 3 is 1.40 bits per heavy atom. The Labute approximate surface area is 211 Å². The summed E-state index contributed by atoms with van der Waals surface area (Å²) in [7, 11) is 0. The van der Waals surface area contributed by atoms with Crippen molar-refractivity contribution in [1.29, 1.82) is 0 Å². The van der Waals surface area contributed by atoms with E-state index in [1.54, 1.807) is 36.1 Å². The molecule has 0 unspecified atom stereocenters. The number of carbonyl (C=O) groups is 2. The number of hydrogen-bond donors (Lipinski definition) is 2. The second-order valence-corrected chi connectivity index (χ2v) is 10.7. The predicted octanol–water partition coefficient (Wildman–Crippen LogP) is 5.37. The van der Waals surface area contributed by atoms with Crippen LogP contribution < -0.4 is 0 Å². The molecule has 0 spiro atoms. The molecule has 0 aliphatic rings. The van der Waals surface area contributed by atoms with Crippen LogP contribution in [0.25, 0.3) is 40.4 Å². The van der Waals surface area contributed by atoms with E-state index in [2.05, 4.69) is 19.9 Å². The highest BCUT2D eigenvalue weighted by Crippen LogP contribution is 2.45. The molecule has 0 aromatic carbocycles. The van der Waals surface area contributed by atoms with E-state index < -0.39 is 11.9 Å². The van der Waals surface area contributed by atoms with E-state index in [9.17, 15) is 19.8 Å². The van der Waals surface area contributed by atoms with Crippen molar-refractivity contribution in [3.8, 4) is 40.4 Å². The zero-order valence-electron chi connectivity index (χ0n) is 17.9. The fourth-order valence-corrected chi connectivity index (χ4v) is 7.09. The summed E-state index contributed by atoms with van der Waals surface area (Å²) in [5, 5.41) is 18.8. The van der Waals surface area contributed by atoms with Gasteiger partial charge in [0, 0.05) is 65.2 Å². The number of rotatable bonds is 8. The molecule has 0 atom stereocenters. The van der Waals surface area contributed by atoms with Crippen LogP contribution >= 0.6 is 34.0 Å².